The minimum Gasteiger partial charge on any atom is -0.317 e. The lowest BCUT2D eigenvalue weighted by molar-refractivity contribution is -0.352. The molecule has 0 bridgehead atoms. The molecule has 0 aromatic carbocycles. The van der Waals surface area contributed by atoms with Gasteiger partial charge in [0.1, 0.15) is 0 Å². The highest BCUT2D eigenvalue weighted by Gasteiger charge is 2.39. The van der Waals surface area contributed by atoms with Crippen molar-refractivity contribution in [2.75, 3.05) is 7.05 Å². The fourth-order valence-corrected chi connectivity index (χ4v) is 1.09. The number of hydrogen-bond acceptors (Lipinski definition) is 2. The number of alkyl halides is 3. The van der Waals surface area contributed by atoms with Crippen LogP contribution in [0, 0.1) is 0 Å². The lowest BCUT2D eigenvalue weighted by atomic mass is 9.89. The SMILES string of the molecule is CNC1CC(OC(F)(F)F)C1. The second kappa shape index (κ2) is 2.98. The number of rotatable bonds is 2. The average molecular weight is 169 g/mol. The minimum absolute atomic E-state index is 0.197. The third kappa shape index (κ3) is 2.67. The van der Waals surface area contributed by atoms with Gasteiger partial charge in [0.25, 0.3) is 0 Å². The number of nitrogens with one attached hydrogen (secondary N) is 1. The van der Waals surface area contributed by atoms with Crippen LogP contribution in [0.4, 0.5) is 13.2 Å². The Hall–Kier alpha value is -0.290. The van der Waals surface area contributed by atoms with Crippen LogP contribution in [0.15, 0.2) is 0 Å². The van der Waals surface area contributed by atoms with Crippen LogP contribution in [-0.2, 0) is 4.74 Å². The molecule has 1 fully saturated rings. The van der Waals surface area contributed by atoms with E-state index in [0.29, 0.717) is 12.8 Å². The van der Waals surface area contributed by atoms with Crippen LogP contribution in [0.1, 0.15) is 12.8 Å². The molecule has 0 aromatic heterocycles. The quantitative estimate of drug-likeness (QED) is 0.672. The third-order valence-corrected chi connectivity index (χ3v) is 1.80. The average Bonchev–Trinajstić information content (AvgIpc) is 1.75. The minimum atomic E-state index is -4.47. The van der Waals surface area contributed by atoms with Gasteiger partial charge in [-0.05, 0) is 19.9 Å². The highest BCUT2D eigenvalue weighted by molar-refractivity contribution is 4.84. The molecule has 0 amide bonds. The van der Waals surface area contributed by atoms with E-state index in [1.54, 1.807) is 7.05 Å². The Kier molecular flexibility index (Phi) is 2.39. The topological polar surface area (TPSA) is 21.3 Å². The zero-order chi connectivity index (χ0) is 8.48. The highest BCUT2D eigenvalue weighted by Crippen LogP contribution is 2.29. The van der Waals surface area contributed by atoms with Gasteiger partial charge in [0.2, 0.25) is 0 Å². The Balaban J connectivity index is 2.14. The Labute approximate surface area is 62.7 Å². The van der Waals surface area contributed by atoms with Gasteiger partial charge in [-0.25, -0.2) is 0 Å². The van der Waals surface area contributed by atoms with E-state index >= 15 is 0 Å². The van der Waals surface area contributed by atoms with E-state index in [-0.39, 0.29) is 6.04 Å². The van der Waals surface area contributed by atoms with E-state index in [1.165, 1.54) is 0 Å². The van der Waals surface area contributed by atoms with Crippen LogP contribution in [0.25, 0.3) is 0 Å². The first-order chi connectivity index (χ1) is 5.01. The fraction of sp³-hybridized carbons (Fsp3) is 1.00. The van der Waals surface area contributed by atoms with Crippen molar-refractivity contribution in [1.29, 1.82) is 0 Å². The Morgan fingerprint density at radius 2 is 1.91 bits per heavy atom. The van der Waals surface area contributed by atoms with Gasteiger partial charge in [0.05, 0.1) is 6.10 Å². The molecule has 0 spiro atoms. The molecule has 1 rings (SSSR count). The smallest absolute Gasteiger partial charge is 0.317 e. The zero-order valence-electron chi connectivity index (χ0n) is 6.11. The summed E-state index contributed by atoms with van der Waals surface area (Å²) >= 11 is 0. The van der Waals surface area contributed by atoms with Gasteiger partial charge < -0.3 is 5.32 Å². The predicted octanol–water partition coefficient (Wildman–Crippen LogP) is 1.27. The van der Waals surface area contributed by atoms with Crippen molar-refractivity contribution in [1.82, 2.24) is 5.32 Å². The molecule has 5 heteroatoms. The van der Waals surface area contributed by atoms with Crippen molar-refractivity contribution >= 4 is 0 Å². The monoisotopic (exact) mass is 169 g/mol. The molecule has 1 saturated carbocycles. The predicted molar refractivity (Wildman–Crippen MR) is 33.0 cm³/mol. The Bertz CT molecular complexity index is 130. The van der Waals surface area contributed by atoms with Crippen molar-refractivity contribution in [3.05, 3.63) is 0 Å². The van der Waals surface area contributed by atoms with Gasteiger partial charge >= 0.3 is 6.36 Å². The summed E-state index contributed by atoms with van der Waals surface area (Å²) in [5.41, 5.74) is 0. The molecule has 0 aromatic rings. The molecule has 66 valence electrons. The molecule has 0 aliphatic heterocycles. The largest absolute Gasteiger partial charge is 0.522 e. The number of hydrogen-bond donors (Lipinski definition) is 1. The van der Waals surface area contributed by atoms with Crippen LogP contribution in [0.5, 0.6) is 0 Å². The normalized spacial score (nSPS) is 31.6. The molecule has 0 radical (unpaired) electrons. The summed E-state index contributed by atoms with van der Waals surface area (Å²) in [5, 5.41) is 2.87. The van der Waals surface area contributed by atoms with Crippen molar-refractivity contribution < 1.29 is 17.9 Å². The number of halogens is 3. The molecular formula is C6H10F3NO. The standard InChI is InChI=1S/C6H10F3NO/c1-10-4-2-5(3-4)11-6(7,8)9/h4-5,10H,2-3H2,1H3. The summed E-state index contributed by atoms with van der Waals surface area (Å²) < 4.78 is 38.3. The molecule has 1 aliphatic carbocycles. The van der Waals surface area contributed by atoms with Crippen molar-refractivity contribution in [2.45, 2.75) is 31.3 Å². The van der Waals surface area contributed by atoms with Crippen LogP contribution in [-0.4, -0.2) is 25.6 Å². The zero-order valence-corrected chi connectivity index (χ0v) is 6.11. The van der Waals surface area contributed by atoms with E-state index in [0.717, 1.165) is 0 Å². The highest BCUT2D eigenvalue weighted by atomic mass is 19.4. The third-order valence-electron chi connectivity index (χ3n) is 1.80. The first kappa shape index (κ1) is 8.80. The van der Waals surface area contributed by atoms with Crippen LogP contribution in [0.3, 0.4) is 0 Å². The first-order valence-electron chi connectivity index (χ1n) is 3.43. The van der Waals surface area contributed by atoms with Crippen LogP contribution < -0.4 is 5.32 Å². The lowest BCUT2D eigenvalue weighted by Crippen LogP contribution is -2.45. The first-order valence-corrected chi connectivity index (χ1v) is 3.43. The van der Waals surface area contributed by atoms with Crippen molar-refractivity contribution in [3.8, 4) is 0 Å². The van der Waals surface area contributed by atoms with E-state index in [4.69, 9.17) is 0 Å². The van der Waals surface area contributed by atoms with E-state index < -0.39 is 12.5 Å². The van der Waals surface area contributed by atoms with E-state index in [1.807, 2.05) is 0 Å². The van der Waals surface area contributed by atoms with Gasteiger partial charge in [0.15, 0.2) is 0 Å². The lowest BCUT2D eigenvalue weighted by Gasteiger charge is -2.34. The fourth-order valence-electron chi connectivity index (χ4n) is 1.09. The summed E-state index contributed by atoms with van der Waals surface area (Å²) in [6, 6.07) is 0.197. The maximum Gasteiger partial charge on any atom is 0.522 e. The van der Waals surface area contributed by atoms with E-state index in [2.05, 4.69) is 10.1 Å². The van der Waals surface area contributed by atoms with Crippen LogP contribution in [0.2, 0.25) is 0 Å². The van der Waals surface area contributed by atoms with Gasteiger partial charge in [0, 0.05) is 6.04 Å². The van der Waals surface area contributed by atoms with Gasteiger partial charge in [-0.1, -0.05) is 0 Å². The molecule has 1 aliphatic rings. The summed E-state index contributed by atoms with van der Waals surface area (Å²) in [5.74, 6) is 0. The van der Waals surface area contributed by atoms with Gasteiger partial charge in [-0.3, -0.25) is 4.74 Å². The van der Waals surface area contributed by atoms with E-state index in [9.17, 15) is 13.2 Å². The number of ether oxygens (including phenoxy) is 1. The second-order valence-corrected chi connectivity index (χ2v) is 2.64. The Morgan fingerprint density at radius 1 is 1.36 bits per heavy atom. The molecule has 11 heavy (non-hydrogen) atoms. The molecule has 0 heterocycles. The summed E-state index contributed by atoms with van der Waals surface area (Å²) in [7, 11) is 1.73. The Morgan fingerprint density at radius 3 is 2.27 bits per heavy atom. The molecule has 0 saturated heterocycles. The maximum atomic E-state index is 11.5. The molecule has 0 atom stereocenters. The second-order valence-electron chi connectivity index (χ2n) is 2.64. The molecule has 1 N–H and O–H groups in total. The molecular weight excluding hydrogens is 159 g/mol. The summed E-state index contributed by atoms with van der Waals surface area (Å²) in [6.45, 7) is 0. The molecule has 0 unspecified atom stereocenters. The maximum absolute atomic E-state index is 11.5. The summed E-state index contributed by atoms with van der Waals surface area (Å²) in [6.07, 6.45) is -4.19. The van der Waals surface area contributed by atoms with Gasteiger partial charge in [-0.15, -0.1) is 13.2 Å². The van der Waals surface area contributed by atoms with Gasteiger partial charge in [-0.2, -0.15) is 0 Å². The van der Waals surface area contributed by atoms with Crippen molar-refractivity contribution in [2.24, 2.45) is 0 Å². The molecule has 2 nitrogen and oxygen atoms in total. The van der Waals surface area contributed by atoms with Crippen molar-refractivity contribution in [3.63, 3.8) is 0 Å². The van der Waals surface area contributed by atoms with Crippen LogP contribution >= 0.6 is 0 Å². The summed E-state index contributed by atoms with van der Waals surface area (Å²) in [4.78, 5) is 0.